The van der Waals surface area contributed by atoms with Crippen LogP contribution in [-0.4, -0.2) is 64.9 Å². The van der Waals surface area contributed by atoms with Gasteiger partial charge in [0.15, 0.2) is 11.6 Å². The van der Waals surface area contributed by atoms with Crippen LogP contribution in [0.15, 0.2) is 36.9 Å². The quantitative estimate of drug-likeness (QED) is 0.541. The molecule has 9 nitrogen and oxygen atoms in total. The molecule has 1 fully saturated rings. The zero-order valence-electron chi connectivity index (χ0n) is 19.0. The number of aryl methyl sites for hydroxylation is 2. The Morgan fingerprint density at radius 1 is 1.24 bits per heavy atom. The number of ether oxygens (including phenoxy) is 1. The second-order valence-corrected chi connectivity index (χ2v) is 8.18. The third-order valence-corrected chi connectivity index (χ3v) is 5.81. The fourth-order valence-electron chi connectivity index (χ4n) is 3.95. The second-order valence-electron chi connectivity index (χ2n) is 8.18. The topological polar surface area (TPSA) is 97.2 Å². The second kappa shape index (κ2) is 9.95. The molecule has 2 N–H and O–H groups in total. The first-order valence-electron chi connectivity index (χ1n) is 10.9. The van der Waals surface area contributed by atoms with Crippen LogP contribution < -0.4 is 15.4 Å². The molecule has 3 aromatic rings. The van der Waals surface area contributed by atoms with Gasteiger partial charge in [0.25, 0.3) is 5.91 Å². The lowest BCUT2D eigenvalue weighted by atomic mass is 10.0. The number of aromatic nitrogens is 4. The van der Waals surface area contributed by atoms with Crippen molar-refractivity contribution in [1.29, 1.82) is 0 Å². The number of methoxy groups -OCH3 is 1. The van der Waals surface area contributed by atoms with Crippen LogP contribution in [0.1, 0.15) is 33.9 Å². The van der Waals surface area contributed by atoms with Gasteiger partial charge in [0.05, 0.1) is 25.0 Å². The molecule has 174 valence electrons. The van der Waals surface area contributed by atoms with Crippen LogP contribution in [0.25, 0.3) is 0 Å². The van der Waals surface area contributed by atoms with E-state index >= 15 is 0 Å². The summed E-state index contributed by atoms with van der Waals surface area (Å²) in [5, 5.41) is 10.2. The highest BCUT2D eigenvalue weighted by atomic mass is 19.1. The third kappa shape index (κ3) is 5.28. The van der Waals surface area contributed by atoms with Gasteiger partial charge in [-0.05, 0) is 56.1 Å². The number of likely N-dealkylation sites (N-methyl/N-ethyl adjacent to an activating group) is 1. The van der Waals surface area contributed by atoms with Gasteiger partial charge in [0.2, 0.25) is 5.95 Å². The lowest BCUT2D eigenvalue weighted by Gasteiger charge is -2.11. The summed E-state index contributed by atoms with van der Waals surface area (Å²) in [6, 6.07) is 3.33. The number of amides is 1. The van der Waals surface area contributed by atoms with Crippen molar-refractivity contribution in [3.63, 3.8) is 0 Å². The van der Waals surface area contributed by atoms with Crippen molar-refractivity contribution in [3.05, 3.63) is 59.4 Å². The first-order valence-corrected chi connectivity index (χ1v) is 10.9. The zero-order chi connectivity index (χ0) is 23.4. The lowest BCUT2D eigenvalue weighted by Crippen LogP contribution is -2.18. The van der Waals surface area contributed by atoms with Gasteiger partial charge in [-0.1, -0.05) is 0 Å². The molecule has 10 heteroatoms. The number of halogens is 1. The summed E-state index contributed by atoms with van der Waals surface area (Å²) in [4.78, 5) is 23.0. The molecule has 0 saturated carbocycles. The van der Waals surface area contributed by atoms with Crippen molar-refractivity contribution < 1.29 is 13.9 Å². The van der Waals surface area contributed by atoms with Crippen molar-refractivity contribution in [2.75, 3.05) is 39.6 Å². The molecular formula is C23H28FN7O2. The molecule has 0 unspecified atom stereocenters. The highest BCUT2D eigenvalue weighted by molar-refractivity contribution is 5.94. The van der Waals surface area contributed by atoms with Crippen molar-refractivity contribution in [3.8, 4) is 5.75 Å². The maximum absolute atomic E-state index is 14.7. The van der Waals surface area contributed by atoms with Crippen LogP contribution >= 0.6 is 0 Å². The molecule has 3 heterocycles. The van der Waals surface area contributed by atoms with Gasteiger partial charge in [-0.25, -0.2) is 14.4 Å². The maximum Gasteiger partial charge on any atom is 0.251 e. The Morgan fingerprint density at radius 3 is 2.70 bits per heavy atom. The molecular weight excluding hydrogens is 425 g/mol. The largest absolute Gasteiger partial charge is 0.494 e. The molecule has 0 aliphatic carbocycles. The minimum absolute atomic E-state index is 0.0479. The van der Waals surface area contributed by atoms with E-state index in [1.807, 2.05) is 10.9 Å². The molecule has 1 saturated heterocycles. The van der Waals surface area contributed by atoms with Crippen LogP contribution in [-0.2, 0) is 12.8 Å². The van der Waals surface area contributed by atoms with Crippen LogP contribution in [0.2, 0.25) is 0 Å². The minimum Gasteiger partial charge on any atom is -0.494 e. The Balaban J connectivity index is 1.38. The fourth-order valence-corrected chi connectivity index (χ4v) is 3.95. The van der Waals surface area contributed by atoms with Gasteiger partial charge in [0.1, 0.15) is 0 Å². The molecule has 1 aliphatic heterocycles. The molecule has 0 bridgehead atoms. The van der Waals surface area contributed by atoms with Crippen LogP contribution in [0.3, 0.4) is 0 Å². The summed E-state index contributed by atoms with van der Waals surface area (Å²) in [6.07, 6.45) is 9.15. The van der Waals surface area contributed by atoms with E-state index in [9.17, 15) is 9.18 Å². The van der Waals surface area contributed by atoms with Crippen LogP contribution in [0.5, 0.6) is 5.75 Å². The summed E-state index contributed by atoms with van der Waals surface area (Å²) in [5.41, 5.74) is 2.44. The van der Waals surface area contributed by atoms with Crippen molar-refractivity contribution in [1.82, 2.24) is 30.0 Å². The van der Waals surface area contributed by atoms with Gasteiger partial charge in [-0.3, -0.25) is 9.48 Å². The molecule has 1 amide bonds. The number of hydrogen-bond acceptors (Lipinski definition) is 7. The highest BCUT2D eigenvalue weighted by Gasteiger charge is 2.21. The van der Waals surface area contributed by atoms with E-state index in [0.29, 0.717) is 36.0 Å². The van der Waals surface area contributed by atoms with Crippen molar-refractivity contribution >= 4 is 17.5 Å². The first-order chi connectivity index (χ1) is 16.0. The van der Waals surface area contributed by atoms with E-state index in [4.69, 9.17) is 4.74 Å². The number of anilines is 2. The zero-order valence-corrected chi connectivity index (χ0v) is 19.0. The van der Waals surface area contributed by atoms with Gasteiger partial charge in [-0.2, -0.15) is 5.10 Å². The lowest BCUT2D eigenvalue weighted by molar-refractivity contribution is 0.0962. The number of carbonyl (C=O) groups is 1. The number of rotatable bonds is 8. The average molecular weight is 454 g/mol. The van der Waals surface area contributed by atoms with Gasteiger partial charge in [0, 0.05) is 37.7 Å². The smallest absolute Gasteiger partial charge is 0.251 e. The normalized spacial score (nSPS) is 16.1. The summed E-state index contributed by atoms with van der Waals surface area (Å²) < 4.78 is 21.7. The molecule has 0 radical (unpaired) electrons. The molecule has 33 heavy (non-hydrogen) atoms. The molecule has 0 spiro atoms. The van der Waals surface area contributed by atoms with Gasteiger partial charge < -0.3 is 20.3 Å². The summed E-state index contributed by atoms with van der Waals surface area (Å²) >= 11 is 0. The first kappa shape index (κ1) is 22.7. The van der Waals surface area contributed by atoms with E-state index in [2.05, 4.69) is 37.6 Å². The van der Waals surface area contributed by atoms with Crippen LogP contribution in [0.4, 0.5) is 16.0 Å². The van der Waals surface area contributed by atoms with E-state index in [1.54, 1.807) is 24.7 Å². The van der Waals surface area contributed by atoms with Crippen molar-refractivity contribution in [2.45, 2.75) is 25.3 Å². The highest BCUT2D eigenvalue weighted by Crippen LogP contribution is 2.25. The SMILES string of the molecule is CNC(=O)c1cc(CCc2cnc(Nc3cnn([C@@H]4CCN(C)C4)c3)nc2)c(F)c(OC)c1. The summed E-state index contributed by atoms with van der Waals surface area (Å²) in [5.74, 6) is -0.241. The molecule has 1 aromatic carbocycles. The summed E-state index contributed by atoms with van der Waals surface area (Å²) in [6.45, 7) is 2.06. The monoisotopic (exact) mass is 453 g/mol. The van der Waals surface area contributed by atoms with Gasteiger partial charge in [-0.15, -0.1) is 0 Å². The molecule has 4 rings (SSSR count). The number of hydrogen-bond donors (Lipinski definition) is 2. The molecule has 1 atom stereocenters. The van der Waals surface area contributed by atoms with E-state index in [1.165, 1.54) is 20.2 Å². The predicted molar refractivity (Wildman–Crippen MR) is 122 cm³/mol. The van der Waals surface area contributed by atoms with E-state index in [0.717, 1.165) is 30.8 Å². The average Bonchev–Trinajstić information content (AvgIpc) is 3.47. The molecule has 2 aromatic heterocycles. The fraction of sp³-hybridized carbons (Fsp3) is 0.391. The maximum atomic E-state index is 14.7. The Labute approximate surface area is 192 Å². The Bertz CT molecular complexity index is 1120. The van der Waals surface area contributed by atoms with E-state index in [-0.39, 0.29) is 11.7 Å². The number of nitrogens with zero attached hydrogens (tertiary/aromatic N) is 5. The van der Waals surface area contributed by atoms with Crippen LogP contribution in [0, 0.1) is 5.82 Å². The van der Waals surface area contributed by atoms with Crippen molar-refractivity contribution in [2.24, 2.45) is 0 Å². The Morgan fingerprint density at radius 2 is 2.03 bits per heavy atom. The number of likely N-dealkylation sites (tertiary alicyclic amines) is 1. The standard InChI is InChI=1S/C23H28FN7O2/c1-25-22(32)17-8-16(21(24)20(9-17)33-3)5-4-15-10-26-23(27-11-15)29-18-12-28-31(13-18)19-6-7-30(2)14-19/h8-13,19H,4-7,14H2,1-3H3,(H,25,32)(H,26,27,29)/t19-/m1/s1. The number of benzene rings is 1. The predicted octanol–water partition coefficient (Wildman–Crippen LogP) is 2.59. The van der Waals surface area contributed by atoms with Gasteiger partial charge >= 0.3 is 0 Å². The Kier molecular flexibility index (Phi) is 6.83. The third-order valence-electron chi connectivity index (χ3n) is 5.81. The molecule has 1 aliphatic rings. The minimum atomic E-state index is -0.463. The number of nitrogens with one attached hydrogen (secondary N) is 2. The number of carbonyl (C=O) groups excluding carboxylic acids is 1. The Hall–Kier alpha value is -3.53. The summed E-state index contributed by atoms with van der Waals surface area (Å²) in [7, 11) is 5.02. The van der Waals surface area contributed by atoms with E-state index < -0.39 is 5.82 Å².